The SMILES string of the molecule is CC(C)=CCC[C@H](C)NCc1nnc(N)s1. The van der Waals surface area contributed by atoms with E-state index in [1.54, 1.807) is 0 Å². The van der Waals surface area contributed by atoms with Gasteiger partial charge in [0.1, 0.15) is 5.01 Å². The molecule has 1 atom stereocenters. The van der Waals surface area contributed by atoms with Gasteiger partial charge in [-0.15, -0.1) is 10.2 Å². The summed E-state index contributed by atoms with van der Waals surface area (Å²) in [5, 5.41) is 12.6. The fourth-order valence-corrected chi connectivity index (χ4v) is 1.88. The van der Waals surface area contributed by atoms with Crippen LogP contribution in [-0.4, -0.2) is 16.2 Å². The van der Waals surface area contributed by atoms with E-state index in [-0.39, 0.29) is 0 Å². The van der Waals surface area contributed by atoms with Crippen LogP contribution >= 0.6 is 11.3 Å². The highest BCUT2D eigenvalue weighted by atomic mass is 32.1. The minimum absolute atomic E-state index is 0.487. The predicted octanol–water partition coefficient (Wildman–Crippen LogP) is 2.34. The molecule has 5 heteroatoms. The van der Waals surface area contributed by atoms with Crippen molar-refractivity contribution < 1.29 is 0 Å². The van der Waals surface area contributed by atoms with Gasteiger partial charge in [-0.2, -0.15) is 0 Å². The van der Waals surface area contributed by atoms with E-state index >= 15 is 0 Å². The molecule has 0 aliphatic heterocycles. The first-order valence-electron chi connectivity index (χ1n) is 5.52. The number of nitrogens with zero attached hydrogens (tertiary/aromatic N) is 2. The molecule has 0 spiro atoms. The molecule has 0 aromatic carbocycles. The molecule has 0 fully saturated rings. The van der Waals surface area contributed by atoms with E-state index in [1.807, 2.05) is 0 Å². The third-order valence-corrected chi connectivity index (χ3v) is 2.99. The average Bonchev–Trinajstić information content (AvgIpc) is 2.61. The number of rotatable bonds is 6. The topological polar surface area (TPSA) is 63.8 Å². The zero-order valence-electron chi connectivity index (χ0n) is 10.2. The lowest BCUT2D eigenvalue weighted by molar-refractivity contribution is 0.515. The monoisotopic (exact) mass is 240 g/mol. The number of nitrogen functional groups attached to an aromatic ring is 1. The molecule has 1 aromatic heterocycles. The summed E-state index contributed by atoms with van der Waals surface area (Å²) in [6.07, 6.45) is 4.52. The van der Waals surface area contributed by atoms with Gasteiger partial charge in [0, 0.05) is 6.04 Å². The largest absolute Gasteiger partial charge is 0.374 e. The molecule has 0 aliphatic rings. The van der Waals surface area contributed by atoms with E-state index in [1.165, 1.54) is 16.9 Å². The molecule has 16 heavy (non-hydrogen) atoms. The minimum atomic E-state index is 0.487. The molecule has 0 saturated heterocycles. The van der Waals surface area contributed by atoms with Gasteiger partial charge < -0.3 is 11.1 Å². The van der Waals surface area contributed by atoms with Crippen LogP contribution in [0.1, 0.15) is 38.6 Å². The van der Waals surface area contributed by atoms with Crippen molar-refractivity contribution in [3.8, 4) is 0 Å². The first-order chi connectivity index (χ1) is 7.58. The lowest BCUT2D eigenvalue weighted by atomic mass is 10.1. The smallest absolute Gasteiger partial charge is 0.203 e. The van der Waals surface area contributed by atoms with Crippen molar-refractivity contribution in [2.45, 2.75) is 46.2 Å². The van der Waals surface area contributed by atoms with Crippen LogP contribution in [0.15, 0.2) is 11.6 Å². The Bertz CT molecular complexity index is 342. The summed E-state index contributed by atoms with van der Waals surface area (Å²) in [6, 6.07) is 0.487. The zero-order chi connectivity index (χ0) is 12.0. The van der Waals surface area contributed by atoms with Crippen molar-refractivity contribution in [3.63, 3.8) is 0 Å². The first kappa shape index (κ1) is 13.1. The molecular formula is C11H20N4S. The van der Waals surface area contributed by atoms with Crippen molar-refractivity contribution in [3.05, 3.63) is 16.7 Å². The second-order valence-corrected chi connectivity index (χ2v) is 5.27. The Kier molecular flexibility index (Phi) is 5.42. The molecule has 0 amide bonds. The second kappa shape index (κ2) is 6.60. The molecule has 0 radical (unpaired) electrons. The van der Waals surface area contributed by atoms with Crippen molar-refractivity contribution in [2.24, 2.45) is 0 Å². The molecule has 1 heterocycles. The van der Waals surface area contributed by atoms with Crippen molar-refractivity contribution in [1.29, 1.82) is 0 Å². The highest BCUT2D eigenvalue weighted by Gasteiger charge is 2.04. The molecule has 0 saturated carbocycles. The van der Waals surface area contributed by atoms with Gasteiger partial charge in [-0.05, 0) is 33.6 Å². The predicted molar refractivity (Wildman–Crippen MR) is 69.3 cm³/mol. The Morgan fingerprint density at radius 3 is 2.81 bits per heavy atom. The third-order valence-electron chi connectivity index (χ3n) is 2.24. The normalized spacial score (nSPS) is 12.4. The summed E-state index contributed by atoms with van der Waals surface area (Å²) in [6.45, 7) is 7.19. The lowest BCUT2D eigenvalue weighted by Crippen LogP contribution is -2.25. The van der Waals surface area contributed by atoms with E-state index in [4.69, 9.17) is 5.73 Å². The van der Waals surface area contributed by atoms with Gasteiger partial charge in [0.15, 0.2) is 0 Å². The number of nitrogens with two attached hydrogens (primary N) is 1. The zero-order valence-corrected chi connectivity index (χ0v) is 11.0. The fraction of sp³-hybridized carbons (Fsp3) is 0.636. The fourth-order valence-electron chi connectivity index (χ4n) is 1.32. The van der Waals surface area contributed by atoms with Gasteiger partial charge in [0.25, 0.3) is 0 Å². The van der Waals surface area contributed by atoms with Crippen LogP contribution in [0.5, 0.6) is 0 Å². The Hall–Kier alpha value is -0.940. The molecule has 4 nitrogen and oxygen atoms in total. The molecule has 3 N–H and O–H groups in total. The van der Waals surface area contributed by atoms with Gasteiger partial charge in [0.05, 0.1) is 6.54 Å². The highest BCUT2D eigenvalue weighted by molar-refractivity contribution is 7.15. The van der Waals surface area contributed by atoms with E-state index < -0.39 is 0 Å². The molecule has 1 rings (SSSR count). The van der Waals surface area contributed by atoms with Crippen LogP contribution in [0.4, 0.5) is 5.13 Å². The van der Waals surface area contributed by atoms with E-state index in [9.17, 15) is 0 Å². The Labute approximate surface area is 101 Å². The summed E-state index contributed by atoms with van der Waals surface area (Å²) in [4.78, 5) is 0. The number of anilines is 1. The molecule has 0 unspecified atom stereocenters. The van der Waals surface area contributed by atoms with Gasteiger partial charge in [-0.3, -0.25) is 0 Å². The van der Waals surface area contributed by atoms with E-state index in [0.717, 1.165) is 24.4 Å². The molecule has 0 bridgehead atoms. The number of nitrogens with one attached hydrogen (secondary N) is 1. The van der Waals surface area contributed by atoms with Crippen LogP contribution in [0.3, 0.4) is 0 Å². The Balaban J connectivity index is 2.20. The van der Waals surface area contributed by atoms with Gasteiger partial charge in [-0.1, -0.05) is 23.0 Å². The summed E-state index contributed by atoms with van der Waals surface area (Å²) in [5.74, 6) is 0. The van der Waals surface area contributed by atoms with Crippen molar-refractivity contribution in [1.82, 2.24) is 15.5 Å². The number of hydrogen-bond donors (Lipinski definition) is 2. The van der Waals surface area contributed by atoms with Crippen LogP contribution < -0.4 is 11.1 Å². The quantitative estimate of drug-likeness (QED) is 0.749. The van der Waals surface area contributed by atoms with E-state index in [2.05, 4.69) is 42.4 Å². The third kappa shape index (κ3) is 5.23. The van der Waals surface area contributed by atoms with Crippen LogP contribution in [0.25, 0.3) is 0 Å². The first-order valence-corrected chi connectivity index (χ1v) is 6.34. The molecule has 90 valence electrons. The molecule has 0 aliphatic carbocycles. The molecular weight excluding hydrogens is 220 g/mol. The number of allylic oxidation sites excluding steroid dienone is 2. The second-order valence-electron chi connectivity index (χ2n) is 4.17. The summed E-state index contributed by atoms with van der Waals surface area (Å²) >= 11 is 1.44. The van der Waals surface area contributed by atoms with Gasteiger partial charge in [-0.25, -0.2) is 0 Å². The number of hydrogen-bond acceptors (Lipinski definition) is 5. The summed E-state index contributed by atoms with van der Waals surface area (Å²) < 4.78 is 0. The van der Waals surface area contributed by atoms with Gasteiger partial charge in [0.2, 0.25) is 5.13 Å². The van der Waals surface area contributed by atoms with Crippen LogP contribution in [0.2, 0.25) is 0 Å². The number of aromatic nitrogens is 2. The van der Waals surface area contributed by atoms with Crippen LogP contribution in [0, 0.1) is 0 Å². The molecule has 1 aromatic rings. The maximum Gasteiger partial charge on any atom is 0.203 e. The van der Waals surface area contributed by atoms with Crippen molar-refractivity contribution >= 4 is 16.5 Å². The maximum absolute atomic E-state index is 5.51. The summed E-state index contributed by atoms with van der Waals surface area (Å²) in [5.41, 5.74) is 6.89. The van der Waals surface area contributed by atoms with Gasteiger partial charge >= 0.3 is 0 Å². The standard InChI is InChI=1S/C11H20N4S/c1-8(2)5-4-6-9(3)13-7-10-14-15-11(12)16-10/h5,9,13H,4,6-7H2,1-3H3,(H2,12,15)/t9-/m0/s1. The lowest BCUT2D eigenvalue weighted by Gasteiger charge is -2.10. The van der Waals surface area contributed by atoms with Crippen LogP contribution in [-0.2, 0) is 6.54 Å². The Morgan fingerprint density at radius 2 is 2.25 bits per heavy atom. The summed E-state index contributed by atoms with van der Waals surface area (Å²) in [7, 11) is 0. The minimum Gasteiger partial charge on any atom is -0.374 e. The highest BCUT2D eigenvalue weighted by Crippen LogP contribution is 2.11. The van der Waals surface area contributed by atoms with Crippen molar-refractivity contribution in [2.75, 3.05) is 5.73 Å². The Morgan fingerprint density at radius 1 is 1.50 bits per heavy atom. The maximum atomic E-state index is 5.51. The van der Waals surface area contributed by atoms with E-state index in [0.29, 0.717) is 11.2 Å². The average molecular weight is 240 g/mol.